The first-order valence-corrected chi connectivity index (χ1v) is 5.09. The fourth-order valence-electron chi connectivity index (χ4n) is 1.15. The molecule has 6 nitrogen and oxygen atoms in total. The van der Waals surface area contributed by atoms with E-state index in [2.05, 4.69) is 4.98 Å². The van der Waals surface area contributed by atoms with Gasteiger partial charge in [0.15, 0.2) is 0 Å². The van der Waals surface area contributed by atoms with E-state index in [1.807, 2.05) is 13.8 Å². The molecule has 16 heavy (non-hydrogen) atoms. The van der Waals surface area contributed by atoms with Crippen LogP contribution in [0.15, 0.2) is 18.6 Å². The Hall–Kier alpha value is -1.85. The highest BCUT2D eigenvalue weighted by atomic mass is 16.7. The number of aromatic nitrogens is 2. The van der Waals surface area contributed by atoms with E-state index in [0.717, 1.165) is 0 Å². The van der Waals surface area contributed by atoms with Crippen molar-refractivity contribution in [2.75, 3.05) is 20.2 Å². The van der Waals surface area contributed by atoms with Gasteiger partial charge in [0.25, 0.3) is 12.1 Å². The Balaban J connectivity index is 2.68. The Morgan fingerprint density at radius 2 is 2.19 bits per heavy atom. The first-order chi connectivity index (χ1) is 7.71. The summed E-state index contributed by atoms with van der Waals surface area (Å²) in [5.41, 5.74) is 0. The zero-order valence-corrected chi connectivity index (χ0v) is 9.71. The lowest BCUT2D eigenvalue weighted by Gasteiger charge is -2.13. The lowest BCUT2D eigenvalue weighted by atomic mass is 10.6. The number of ether oxygens (including phenoxy) is 1. The average molecular weight is 226 g/mol. The molecule has 0 saturated carbocycles. The molecule has 1 aromatic rings. The molecule has 0 aliphatic heterocycles. The number of hydrogen-bond donors (Lipinski definition) is 0. The van der Waals surface area contributed by atoms with Gasteiger partial charge >= 0.3 is 6.09 Å². The van der Waals surface area contributed by atoms with Gasteiger partial charge in [-0.15, -0.1) is 0 Å². The highest BCUT2D eigenvalue weighted by Gasteiger charge is 2.17. The van der Waals surface area contributed by atoms with E-state index in [1.54, 1.807) is 4.90 Å². The predicted octanol–water partition coefficient (Wildman–Crippen LogP) is 0.268. The molecule has 0 bridgehead atoms. The molecule has 0 fully saturated rings. The predicted molar refractivity (Wildman–Crippen MR) is 55.9 cm³/mol. The zero-order chi connectivity index (χ0) is 12.0. The van der Waals surface area contributed by atoms with Crippen LogP contribution < -0.4 is 14.3 Å². The van der Waals surface area contributed by atoms with E-state index < -0.39 is 6.09 Å². The SMILES string of the molecule is CCN(CC)C(=O)O[n+]1ccnc(OC)c1. The van der Waals surface area contributed by atoms with Crippen molar-refractivity contribution in [1.29, 1.82) is 0 Å². The molecular formula is C10H16N3O3+. The van der Waals surface area contributed by atoms with Crippen LogP contribution in [0.2, 0.25) is 0 Å². The minimum absolute atomic E-state index is 0.384. The summed E-state index contributed by atoms with van der Waals surface area (Å²) in [6.45, 7) is 5.00. The Labute approximate surface area is 94.4 Å². The van der Waals surface area contributed by atoms with Crippen LogP contribution >= 0.6 is 0 Å². The second kappa shape index (κ2) is 5.89. The molecule has 1 rings (SSSR count). The van der Waals surface area contributed by atoms with Gasteiger partial charge in [-0.2, -0.15) is 4.84 Å². The monoisotopic (exact) mass is 226 g/mol. The molecule has 0 N–H and O–H groups in total. The molecule has 0 atom stereocenters. The third-order valence-electron chi connectivity index (χ3n) is 2.07. The van der Waals surface area contributed by atoms with Crippen molar-refractivity contribution >= 4 is 6.09 Å². The summed E-state index contributed by atoms with van der Waals surface area (Å²) in [6, 6.07) is 0. The first-order valence-electron chi connectivity index (χ1n) is 5.09. The van der Waals surface area contributed by atoms with Crippen molar-refractivity contribution < 1.29 is 19.1 Å². The summed E-state index contributed by atoms with van der Waals surface area (Å²) in [5.74, 6) is 0.384. The summed E-state index contributed by atoms with van der Waals surface area (Å²) >= 11 is 0. The van der Waals surface area contributed by atoms with Gasteiger partial charge in [0.1, 0.15) is 0 Å². The van der Waals surface area contributed by atoms with Crippen LogP contribution in [0.5, 0.6) is 5.88 Å². The largest absolute Gasteiger partial charge is 0.478 e. The molecule has 0 aromatic carbocycles. The third-order valence-corrected chi connectivity index (χ3v) is 2.07. The maximum absolute atomic E-state index is 11.6. The summed E-state index contributed by atoms with van der Waals surface area (Å²) in [5, 5.41) is 0. The summed E-state index contributed by atoms with van der Waals surface area (Å²) in [7, 11) is 1.50. The van der Waals surface area contributed by atoms with Crippen molar-refractivity contribution in [2.45, 2.75) is 13.8 Å². The molecule has 88 valence electrons. The molecule has 0 unspecified atom stereocenters. The molecule has 6 heteroatoms. The molecule has 0 radical (unpaired) electrons. The Bertz CT molecular complexity index is 353. The number of hydrogen-bond acceptors (Lipinski definition) is 4. The van der Waals surface area contributed by atoms with Crippen LogP contribution in [-0.4, -0.2) is 36.2 Å². The van der Waals surface area contributed by atoms with Crippen molar-refractivity contribution in [2.24, 2.45) is 0 Å². The lowest BCUT2D eigenvalue weighted by Crippen LogP contribution is -2.50. The van der Waals surface area contributed by atoms with E-state index in [4.69, 9.17) is 9.57 Å². The van der Waals surface area contributed by atoms with Crippen LogP contribution in [0.1, 0.15) is 13.8 Å². The Kier molecular flexibility index (Phi) is 4.50. The number of rotatable bonds is 4. The van der Waals surface area contributed by atoms with Crippen molar-refractivity contribution in [3.05, 3.63) is 18.6 Å². The van der Waals surface area contributed by atoms with E-state index in [1.165, 1.54) is 30.4 Å². The molecule has 0 aliphatic carbocycles. The van der Waals surface area contributed by atoms with Gasteiger partial charge in [-0.05, 0) is 13.8 Å². The van der Waals surface area contributed by atoms with Gasteiger partial charge in [0.2, 0.25) is 6.20 Å². The lowest BCUT2D eigenvalue weighted by molar-refractivity contribution is -0.869. The quantitative estimate of drug-likeness (QED) is 0.691. The van der Waals surface area contributed by atoms with Crippen LogP contribution in [-0.2, 0) is 0 Å². The van der Waals surface area contributed by atoms with Gasteiger partial charge in [-0.3, -0.25) is 0 Å². The van der Waals surface area contributed by atoms with Crippen LogP contribution in [0.4, 0.5) is 4.79 Å². The standard InChI is InChI=1S/C10H16N3O3/c1-4-12(5-2)10(14)16-13-7-6-11-9(8-13)15-3/h6-8H,4-5H2,1-3H3/q+1. The molecule has 1 heterocycles. The second-order valence-corrected chi connectivity index (χ2v) is 2.99. The summed E-state index contributed by atoms with van der Waals surface area (Å²) in [4.78, 5) is 22.2. The van der Waals surface area contributed by atoms with Crippen molar-refractivity contribution in [3.8, 4) is 5.88 Å². The van der Waals surface area contributed by atoms with Gasteiger partial charge in [0.05, 0.1) is 13.3 Å². The average Bonchev–Trinajstić information content (AvgIpc) is 2.31. The van der Waals surface area contributed by atoms with Gasteiger partial charge in [0, 0.05) is 17.8 Å². The fourth-order valence-corrected chi connectivity index (χ4v) is 1.15. The molecular weight excluding hydrogens is 210 g/mol. The van der Waals surface area contributed by atoms with E-state index in [0.29, 0.717) is 19.0 Å². The Morgan fingerprint density at radius 1 is 1.50 bits per heavy atom. The highest BCUT2D eigenvalue weighted by Crippen LogP contribution is 1.96. The normalized spacial score (nSPS) is 9.69. The number of methoxy groups -OCH3 is 1. The van der Waals surface area contributed by atoms with E-state index in [-0.39, 0.29) is 0 Å². The molecule has 0 spiro atoms. The van der Waals surface area contributed by atoms with E-state index >= 15 is 0 Å². The van der Waals surface area contributed by atoms with Crippen molar-refractivity contribution in [3.63, 3.8) is 0 Å². The minimum Gasteiger partial charge on any atom is -0.477 e. The number of nitrogens with zero attached hydrogens (tertiary/aromatic N) is 3. The molecule has 0 saturated heterocycles. The topological polar surface area (TPSA) is 55.5 Å². The number of carbonyl (C=O) groups excluding carboxylic acids is 1. The van der Waals surface area contributed by atoms with Gasteiger partial charge in [-0.1, -0.05) is 0 Å². The van der Waals surface area contributed by atoms with Crippen LogP contribution in [0.3, 0.4) is 0 Å². The fraction of sp³-hybridized carbons (Fsp3) is 0.500. The number of carbonyl (C=O) groups is 1. The first kappa shape index (κ1) is 12.2. The van der Waals surface area contributed by atoms with Gasteiger partial charge in [-0.25, -0.2) is 9.78 Å². The molecule has 1 amide bonds. The minimum atomic E-state index is -0.400. The van der Waals surface area contributed by atoms with Gasteiger partial charge < -0.3 is 9.64 Å². The number of amides is 1. The summed E-state index contributed by atoms with van der Waals surface area (Å²) in [6.07, 6.45) is 4.11. The Morgan fingerprint density at radius 3 is 2.75 bits per heavy atom. The maximum atomic E-state index is 11.6. The van der Waals surface area contributed by atoms with Crippen LogP contribution in [0, 0.1) is 0 Å². The molecule has 1 aromatic heterocycles. The zero-order valence-electron chi connectivity index (χ0n) is 9.71. The summed E-state index contributed by atoms with van der Waals surface area (Å²) < 4.78 is 6.18. The maximum Gasteiger partial charge on any atom is 0.478 e. The second-order valence-electron chi connectivity index (χ2n) is 2.99. The molecule has 0 aliphatic rings. The van der Waals surface area contributed by atoms with Crippen LogP contribution in [0.25, 0.3) is 0 Å². The van der Waals surface area contributed by atoms with Crippen molar-refractivity contribution in [1.82, 2.24) is 9.88 Å². The van der Waals surface area contributed by atoms with E-state index in [9.17, 15) is 4.79 Å². The smallest absolute Gasteiger partial charge is 0.477 e. The third kappa shape index (κ3) is 3.08. The highest BCUT2D eigenvalue weighted by molar-refractivity contribution is 5.66.